The van der Waals surface area contributed by atoms with Crippen LogP contribution >= 0.6 is 0 Å². The van der Waals surface area contributed by atoms with Crippen molar-refractivity contribution in [3.8, 4) is 0 Å². The Hall–Kier alpha value is -2.66. The van der Waals surface area contributed by atoms with E-state index in [1.165, 1.54) is 12.1 Å². The Bertz CT molecular complexity index is 690. The van der Waals surface area contributed by atoms with Crippen molar-refractivity contribution in [1.82, 2.24) is 5.32 Å². The van der Waals surface area contributed by atoms with Gasteiger partial charge in [-0.1, -0.05) is 24.3 Å². The number of hydrogen-bond donors (Lipinski definition) is 2. The van der Waals surface area contributed by atoms with E-state index >= 15 is 0 Å². The van der Waals surface area contributed by atoms with E-state index in [2.05, 4.69) is 5.32 Å². The summed E-state index contributed by atoms with van der Waals surface area (Å²) in [5.74, 6) is -1.14. The topological polar surface area (TPSA) is 75.6 Å². The molecule has 0 bridgehead atoms. The van der Waals surface area contributed by atoms with Crippen LogP contribution in [0.25, 0.3) is 0 Å². The summed E-state index contributed by atoms with van der Waals surface area (Å²) in [4.78, 5) is 22.9. The van der Waals surface area contributed by atoms with Crippen molar-refractivity contribution < 1.29 is 19.4 Å². The third-order valence-electron chi connectivity index (χ3n) is 3.45. The molecule has 0 aliphatic heterocycles. The van der Waals surface area contributed by atoms with Crippen LogP contribution in [0.2, 0.25) is 0 Å². The number of benzene rings is 2. The minimum atomic E-state index is -0.966. The zero-order chi connectivity index (χ0) is 17.5. The first-order chi connectivity index (χ1) is 11.5. The van der Waals surface area contributed by atoms with Gasteiger partial charge in [-0.25, -0.2) is 4.79 Å². The average molecular weight is 327 g/mol. The largest absolute Gasteiger partial charge is 0.478 e. The van der Waals surface area contributed by atoms with E-state index < -0.39 is 5.97 Å². The van der Waals surface area contributed by atoms with E-state index in [4.69, 9.17) is 9.84 Å². The lowest BCUT2D eigenvalue weighted by Crippen LogP contribution is -2.22. The molecule has 2 rings (SSSR count). The number of ether oxygens (including phenoxy) is 1. The van der Waals surface area contributed by atoms with Crippen molar-refractivity contribution in [2.75, 3.05) is 0 Å². The van der Waals surface area contributed by atoms with Crippen molar-refractivity contribution in [2.24, 2.45) is 0 Å². The molecule has 24 heavy (non-hydrogen) atoms. The van der Waals surface area contributed by atoms with Gasteiger partial charge in [-0.3, -0.25) is 4.79 Å². The standard InChI is InChI=1S/C19H21NO4/c1-13(2)24-12-15-5-7-16(8-6-15)18(21)20-11-14-3-9-17(10-4-14)19(22)23/h3-10,13H,11-12H2,1-2H3,(H,20,21)(H,22,23). The van der Waals surface area contributed by atoms with Crippen LogP contribution in [-0.2, 0) is 17.9 Å². The Morgan fingerprint density at radius 3 is 2.04 bits per heavy atom. The Morgan fingerprint density at radius 1 is 0.958 bits per heavy atom. The average Bonchev–Trinajstić information content (AvgIpc) is 2.58. The molecule has 2 aromatic rings. The molecule has 2 N–H and O–H groups in total. The molecule has 5 heteroatoms. The summed E-state index contributed by atoms with van der Waals surface area (Å²) in [5, 5.41) is 11.7. The number of carboxylic acids is 1. The number of nitrogens with one attached hydrogen (secondary N) is 1. The zero-order valence-corrected chi connectivity index (χ0v) is 13.8. The quantitative estimate of drug-likeness (QED) is 0.818. The van der Waals surface area contributed by atoms with Gasteiger partial charge in [-0.15, -0.1) is 0 Å². The molecule has 1 amide bonds. The zero-order valence-electron chi connectivity index (χ0n) is 13.8. The van der Waals surface area contributed by atoms with Gasteiger partial charge in [0.25, 0.3) is 5.91 Å². The molecule has 5 nitrogen and oxygen atoms in total. The molecule has 0 unspecified atom stereocenters. The molecule has 0 spiro atoms. The molecule has 0 fully saturated rings. The predicted molar refractivity (Wildman–Crippen MR) is 90.9 cm³/mol. The van der Waals surface area contributed by atoms with Gasteiger partial charge in [0.05, 0.1) is 18.3 Å². The molecule has 0 aliphatic carbocycles. The molecule has 0 saturated heterocycles. The summed E-state index contributed by atoms with van der Waals surface area (Å²) in [6, 6.07) is 13.7. The van der Waals surface area contributed by atoms with Gasteiger partial charge >= 0.3 is 5.97 Å². The van der Waals surface area contributed by atoms with Gasteiger partial charge in [0.2, 0.25) is 0 Å². The summed E-state index contributed by atoms with van der Waals surface area (Å²) < 4.78 is 5.52. The number of amides is 1. The van der Waals surface area contributed by atoms with E-state index in [0.717, 1.165) is 11.1 Å². The van der Waals surface area contributed by atoms with E-state index in [1.807, 2.05) is 26.0 Å². The van der Waals surface area contributed by atoms with Crippen LogP contribution in [0.3, 0.4) is 0 Å². The number of carbonyl (C=O) groups excluding carboxylic acids is 1. The van der Waals surface area contributed by atoms with Gasteiger partial charge in [0.15, 0.2) is 0 Å². The maximum absolute atomic E-state index is 12.1. The first-order valence-electron chi connectivity index (χ1n) is 7.76. The first-order valence-corrected chi connectivity index (χ1v) is 7.76. The molecule has 2 aromatic carbocycles. The molecule has 0 heterocycles. The Morgan fingerprint density at radius 2 is 1.50 bits per heavy atom. The highest BCUT2D eigenvalue weighted by molar-refractivity contribution is 5.94. The van der Waals surface area contributed by atoms with E-state index in [1.54, 1.807) is 24.3 Å². The Kier molecular flexibility index (Phi) is 6.09. The van der Waals surface area contributed by atoms with Crippen molar-refractivity contribution in [3.05, 3.63) is 70.8 Å². The summed E-state index contributed by atoms with van der Waals surface area (Å²) in [6.45, 7) is 4.82. The second-order valence-corrected chi connectivity index (χ2v) is 5.74. The van der Waals surface area contributed by atoms with Gasteiger partial charge in [-0.2, -0.15) is 0 Å². The van der Waals surface area contributed by atoms with Crippen LogP contribution < -0.4 is 5.32 Å². The molecule has 0 aliphatic rings. The molecular formula is C19H21NO4. The lowest BCUT2D eigenvalue weighted by atomic mass is 10.1. The second kappa shape index (κ2) is 8.26. The summed E-state index contributed by atoms with van der Waals surface area (Å²) in [5.41, 5.74) is 2.66. The van der Waals surface area contributed by atoms with Crippen LogP contribution in [0.4, 0.5) is 0 Å². The van der Waals surface area contributed by atoms with E-state index in [-0.39, 0.29) is 17.6 Å². The molecule has 126 valence electrons. The van der Waals surface area contributed by atoms with Gasteiger partial charge in [0.1, 0.15) is 0 Å². The number of rotatable bonds is 7. The Balaban J connectivity index is 1.88. The Labute approximate surface area is 141 Å². The minimum absolute atomic E-state index is 0.167. The molecule has 0 atom stereocenters. The van der Waals surface area contributed by atoms with Gasteiger partial charge < -0.3 is 15.2 Å². The molecular weight excluding hydrogens is 306 g/mol. The van der Waals surface area contributed by atoms with Crippen molar-refractivity contribution >= 4 is 11.9 Å². The van der Waals surface area contributed by atoms with Crippen LogP contribution in [0.15, 0.2) is 48.5 Å². The molecule has 0 saturated carbocycles. The fraction of sp³-hybridized carbons (Fsp3) is 0.263. The van der Waals surface area contributed by atoms with Crippen molar-refractivity contribution in [2.45, 2.75) is 33.1 Å². The fourth-order valence-electron chi connectivity index (χ4n) is 2.06. The summed E-state index contributed by atoms with van der Waals surface area (Å²) >= 11 is 0. The normalized spacial score (nSPS) is 10.6. The number of carbonyl (C=O) groups is 2. The summed E-state index contributed by atoms with van der Waals surface area (Å²) in [7, 11) is 0. The minimum Gasteiger partial charge on any atom is -0.478 e. The summed E-state index contributed by atoms with van der Waals surface area (Å²) in [6.07, 6.45) is 0.167. The molecule has 0 aromatic heterocycles. The number of aromatic carboxylic acids is 1. The van der Waals surface area contributed by atoms with Crippen molar-refractivity contribution in [1.29, 1.82) is 0 Å². The van der Waals surface area contributed by atoms with Crippen LogP contribution in [0, 0.1) is 0 Å². The van der Waals surface area contributed by atoms with E-state index in [9.17, 15) is 9.59 Å². The third-order valence-corrected chi connectivity index (χ3v) is 3.45. The number of carboxylic acid groups (broad SMARTS) is 1. The first kappa shape index (κ1) is 17.7. The lowest BCUT2D eigenvalue weighted by molar-refractivity contribution is 0.0656. The second-order valence-electron chi connectivity index (χ2n) is 5.74. The maximum Gasteiger partial charge on any atom is 0.335 e. The third kappa shape index (κ3) is 5.21. The van der Waals surface area contributed by atoms with Crippen LogP contribution in [0.1, 0.15) is 45.7 Å². The predicted octanol–water partition coefficient (Wildman–Crippen LogP) is 3.24. The lowest BCUT2D eigenvalue weighted by Gasteiger charge is -2.09. The highest BCUT2D eigenvalue weighted by atomic mass is 16.5. The van der Waals surface area contributed by atoms with Gasteiger partial charge in [0, 0.05) is 12.1 Å². The van der Waals surface area contributed by atoms with E-state index in [0.29, 0.717) is 18.7 Å². The van der Waals surface area contributed by atoms with Crippen LogP contribution in [-0.4, -0.2) is 23.1 Å². The monoisotopic (exact) mass is 327 g/mol. The maximum atomic E-state index is 12.1. The van der Waals surface area contributed by atoms with Gasteiger partial charge in [-0.05, 0) is 49.2 Å². The van der Waals surface area contributed by atoms with Crippen LogP contribution in [0.5, 0.6) is 0 Å². The fourth-order valence-corrected chi connectivity index (χ4v) is 2.06. The van der Waals surface area contributed by atoms with Crippen molar-refractivity contribution in [3.63, 3.8) is 0 Å². The highest BCUT2D eigenvalue weighted by Crippen LogP contribution is 2.08. The number of hydrogen-bond acceptors (Lipinski definition) is 3. The molecule has 0 radical (unpaired) electrons. The SMILES string of the molecule is CC(C)OCc1ccc(C(=O)NCc2ccc(C(=O)O)cc2)cc1. The smallest absolute Gasteiger partial charge is 0.335 e. The highest BCUT2D eigenvalue weighted by Gasteiger charge is 2.07.